The lowest BCUT2D eigenvalue weighted by Crippen LogP contribution is -2.41. The molecule has 0 spiro atoms. The number of carbonyl (C=O) groups is 1. The first-order valence-corrected chi connectivity index (χ1v) is 11.4. The summed E-state index contributed by atoms with van der Waals surface area (Å²) < 4.78 is 11.9. The first kappa shape index (κ1) is 23.6. The van der Waals surface area contributed by atoms with Crippen molar-refractivity contribution in [2.75, 3.05) is 37.5 Å². The van der Waals surface area contributed by atoms with Gasteiger partial charge in [-0.25, -0.2) is 0 Å². The second-order valence-electron chi connectivity index (χ2n) is 8.25. The predicted molar refractivity (Wildman–Crippen MR) is 133 cm³/mol. The minimum absolute atomic E-state index is 0.0846. The lowest BCUT2D eigenvalue weighted by atomic mass is 9.97. The summed E-state index contributed by atoms with van der Waals surface area (Å²) in [6, 6.07) is 13.8. The van der Waals surface area contributed by atoms with Crippen LogP contribution in [0, 0.1) is 12.8 Å². The SMILES string of the molecule is COc1cc(NC(=O)C2CCCN(c3ccc(=O)n(-c4ccc(C)c(Cl)c4)n3)C2)cc(OC)c1. The van der Waals surface area contributed by atoms with Crippen LogP contribution in [0.1, 0.15) is 18.4 Å². The maximum absolute atomic E-state index is 13.0. The van der Waals surface area contributed by atoms with Gasteiger partial charge < -0.3 is 19.7 Å². The zero-order valence-corrected chi connectivity index (χ0v) is 20.1. The number of carbonyl (C=O) groups excluding carboxylic acids is 1. The number of methoxy groups -OCH3 is 2. The van der Waals surface area contributed by atoms with Crippen molar-refractivity contribution in [3.63, 3.8) is 0 Å². The van der Waals surface area contributed by atoms with Gasteiger partial charge in [-0.15, -0.1) is 5.10 Å². The number of rotatable bonds is 6. The number of hydrogen-bond acceptors (Lipinski definition) is 6. The quantitative estimate of drug-likeness (QED) is 0.570. The third-order valence-corrected chi connectivity index (χ3v) is 6.33. The lowest BCUT2D eigenvalue weighted by Gasteiger charge is -2.33. The molecule has 1 aliphatic rings. The molecule has 0 aliphatic carbocycles. The van der Waals surface area contributed by atoms with E-state index in [1.165, 1.54) is 10.7 Å². The molecule has 1 aromatic heterocycles. The Balaban J connectivity index is 1.52. The molecule has 1 fully saturated rings. The summed E-state index contributed by atoms with van der Waals surface area (Å²) in [5.74, 6) is 1.52. The Morgan fingerprint density at radius 3 is 2.50 bits per heavy atom. The van der Waals surface area contributed by atoms with Crippen LogP contribution in [0.3, 0.4) is 0 Å². The fraction of sp³-hybridized carbons (Fsp3) is 0.320. The highest BCUT2D eigenvalue weighted by molar-refractivity contribution is 6.31. The highest BCUT2D eigenvalue weighted by Crippen LogP contribution is 2.28. The number of amides is 1. The Morgan fingerprint density at radius 2 is 1.82 bits per heavy atom. The van der Waals surface area contributed by atoms with E-state index >= 15 is 0 Å². The van der Waals surface area contributed by atoms with Gasteiger partial charge in [0.05, 0.1) is 25.8 Å². The van der Waals surface area contributed by atoms with Crippen molar-refractivity contribution in [1.29, 1.82) is 0 Å². The number of nitrogens with one attached hydrogen (secondary N) is 1. The van der Waals surface area contributed by atoms with Crippen LogP contribution in [0.4, 0.5) is 11.5 Å². The van der Waals surface area contributed by atoms with Gasteiger partial charge in [-0.3, -0.25) is 9.59 Å². The number of halogens is 1. The van der Waals surface area contributed by atoms with Crippen molar-refractivity contribution < 1.29 is 14.3 Å². The maximum atomic E-state index is 13.0. The summed E-state index contributed by atoms with van der Waals surface area (Å²) in [6.45, 7) is 3.14. The number of hydrogen-bond donors (Lipinski definition) is 1. The topological polar surface area (TPSA) is 85.7 Å². The fourth-order valence-electron chi connectivity index (χ4n) is 3.99. The third kappa shape index (κ3) is 5.17. The molecule has 0 bridgehead atoms. The van der Waals surface area contributed by atoms with Crippen molar-refractivity contribution in [1.82, 2.24) is 9.78 Å². The Labute approximate surface area is 203 Å². The smallest absolute Gasteiger partial charge is 0.271 e. The molecule has 2 heterocycles. The van der Waals surface area contributed by atoms with E-state index in [-0.39, 0.29) is 17.4 Å². The van der Waals surface area contributed by atoms with Crippen LogP contribution in [0.5, 0.6) is 11.5 Å². The van der Waals surface area contributed by atoms with Gasteiger partial charge in [0.25, 0.3) is 5.56 Å². The van der Waals surface area contributed by atoms with Crippen molar-refractivity contribution in [3.05, 3.63) is 69.5 Å². The summed E-state index contributed by atoms with van der Waals surface area (Å²) in [6.07, 6.45) is 1.59. The number of piperidine rings is 1. The first-order valence-electron chi connectivity index (χ1n) is 11.0. The molecule has 8 nitrogen and oxygen atoms in total. The van der Waals surface area contributed by atoms with Gasteiger partial charge in [-0.2, -0.15) is 4.68 Å². The average molecular weight is 483 g/mol. The number of anilines is 2. The number of nitrogens with zero attached hydrogens (tertiary/aromatic N) is 3. The molecule has 178 valence electrons. The van der Waals surface area contributed by atoms with E-state index in [0.29, 0.717) is 40.3 Å². The van der Waals surface area contributed by atoms with E-state index in [0.717, 1.165) is 24.9 Å². The maximum Gasteiger partial charge on any atom is 0.271 e. The average Bonchev–Trinajstić information content (AvgIpc) is 2.85. The van der Waals surface area contributed by atoms with Gasteiger partial charge in [-0.05, 0) is 43.5 Å². The molecule has 0 radical (unpaired) electrons. The Bertz CT molecular complexity index is 1240. The largest absolute Gasteiger partial charge is 0.497 e. The highest BCUT2D eigenvalue weighted by atomic mass is 35.5. The van der Waals surface area contributed by atoms with E-state index in [1.54, 1.807) is 44.6 Å². The molecule has 1 N–H and O–H groups in total. The summed E-state index contributed by atoms with van der Waals surface area (Å²) >= 11 is 6.25. The number of ether oxygens (including phenoxy) is 2. The van der Waals surface area contributed by atoms with Gasteiger partial charge in [0.2, 0.25) is 5.91 Å². The van der Waals surface area contributed by atoms with Crippen LogP contribution < -0.4 is 25.2 Å². The van der Waals surface area contributed by atoms with Crippen molar-refractivity contribution in [3.8, 4) is 17.2 Å². The Morgan fingerprint density at radius 1 is 1.09 bits per heavy atom. The predicted octanol–water partition coefficient (Wildman–Crippen LogP) is 4.07. The van der Waals surface area contributed by atoms with E-state index in [4.69, 9.17) is 21.1 Å². The normalized spacial score (nSPS) is 15.6. The monoisotopic (exact) mass is 482 g/mol. The summed E-state index contributed by atoms with van der Waals surface area (Å²) in [5.41, 5.74) is 1.89. The van der Waals surface area contributed by atoms with Crippen molar-refractivity contribution in [2.24, 2.45) is 5.92 Å². The molecule has 4 rings (SSSR count). The standard InChI is InChI=1S/C25H27ClN4O4/c1-16-6-7-19(13-22(16)26)30-24(31)9-8-23(28-30)29-10-4-5-17(15-29)25(32)27-18-11-20(33-2)14-21(12-18)34-3/h6-9,11-14,17H,4-5,10,15H2,1-3H3,(H,27,32). The molecule has 9 heteroatoms. The van der Waals surface area contributed by atoms with Crippen LogP contribution >= 0.6 is 11.6 Å². The van der Waals surface area contributed by atoms with Crippen LogP contribution in [-0.2, 0) is 4.79 Å². The number of benzene rings is 2. The molecular formula is C25H27ClN4O4. The van der Waals surface area contributed by atoms with Gasteiger partial charge in [0.1, 0.15) is 17.3 Å². The van der Waals surface area contributed by atoms with Crippen LogP contribution in [0.25, 0.3) is 5.69 Å². The van der Waals surface area contributed by atoms with Gasteiger partial charge >= 0.3 is 0 Å². The van der Waals surface area contributed by atoms with E-state index in [9.17, 15) is 9.59 Å². The minimum Gasteiger partial charge on any atom is -0.497 e. The first-order chi connectivity index (χ1) is 16.4. The summed E-state index contributed by atoms with van der Waals surface area (Å²) in [4.78, 5) is 27.6. The summed E-state index contributed by atoms with van der Waals surface area (Å²) in [7, 11) is 3.13. The second kappa shape index (κ2) is 10.2. The van der Waals surface area contributed by atoms with Crippen molar-refractivity contribution in [2.45, 2.75) is 19.8 Å². The lowest BCUT2D eigenvalue weighted by molar-refractivity contribution is -0.120. The summed E-state index contributed by atoms with van der Waals surface area (Å²) in [5, 5.41) is 8.11. The molecule has 1 saturated heterocycles. The second-order valence-corrected chi connectivity index (χ2v) is 8.66. The molecule has 1 aliphatic heterocycles. The molecule has 34 heavy (non-hydrogen) atoms. The molecule has 0 saturated carbocycles. The number of aryl methyl sites for hydroxylation is 1. The fourth-order valence-corrected chi connectivity index (χ4v) is 4.17. The third-order valence-electron chi connectivity index (χ3n) is 5.92. The Hall–Kier alpha value is -3.52. The molecule has 3 aromatic rings. The van der Waals surface area contributed by atoms with Gasteiger partial charge in [0, 0.05) is 48.1 Å². The minimum atomic E-state index is -0.248. The van der Waals surface area contributed by atoms with E-state index in [2.05, 4.69) is 10.4 Å². The van der Waals surface area contributed by atoms with Crippen LogP contribution in [0.2, 0.25) is 5.02 Å². The van der Waals surface area contributed by atoms with Gasteiger partial charge in [0.15, 0.2) is 0 Å². The zero-order chi connectivity index (χ0) is 24.2. The molecule has 1 unspecified atom stereocenters. The molecular weight excluding hydrogens is 456 g/mol. The molecule has 2 aromatic carbocycles. The Kier molecular flexibility index (Phi) is 7.07. The molecule has 1 amide bonds. The zero-order valence-electron chi connectivity index (χ0n) is 19.4. The number of aromatic nitrogens is 2. The highest BCUT2D eigenvalue weighted by Gasteiger charge is 2.27. The van der Waals surface area contributed by atoms with Crippen LogP contribution in [0.15, 0.2) is 53.3 Å². The van der Waals surface area contributed by atoms with E-state index < -0.39 is 0 Å². The van der Waals surface area contributed by atoms with Crippen LogP contribution in [-0.4, -0.2) is 43.0 Å². The molecule has 1 atom stereocenters. The van der Waals surface area contributed by atoms with E-state index in [1.807, 2.05) is 24.0 Å². The van der Waals surface area contributed by atoms with Crippen molar-refractivity contribution >= 4 is 29.0 Å². The van der Waals surface area contributed by atoms with Gasteiger partial charge in [-0.1, -0.05) is 17.7 Å².